The number of carbonyl (C=O) groups is 2. The summed E-state index contributed by atoms with van der Waals surface area (Å²) in [4.78, 5) is 24.5. The van der Waals surface area contributed by atoms with E-state index in [9.17, 15) is 9.59 Å². The third-order valence-corrected chi connectivity index (χ3v) is 4.54. The van der Waals surface area contributed by atoms with Crippen molar-refractivity contribution in [3.05, 3.63) is 47.5 Å². The Morgan fingerprint density at radius 2 is 0.941 bits per heavy atom. The zero-order valence-electron chi connectivity index (χ0n) is 19.8. The largest absolute Gasteiger partial charge is 0.493 e. The molecule has 0 heterocycles. The van der Waals surface area contributed by atoms with E-state index in [1.165, 1.54) is 28.4 Å². The summed E-state index contributed by atoms with van der Waals surface area (Å²) in [6, 6.07) is 9.92. The van der Waals surface area contributed by atoms with Crippen LogP contribution in [0.3, 0.4) is 0 Å². The van der Waals surface area contributed by atoms with E-state index in [0.29, 0.717) is 23.0 Å². The average Bonchev–Trinajstić information content (AvgIpc) is 2.88. The first-order chi connectivity index (χ1) is 16.6. The molecule has 0 aliphatic carbocycles. The fourth-order valence-electron chi connectivity index (χ4n) is 2.96. The van der Waals surface area contributed by atoms with Crippen molar-refractivity contribution in [1.82, 2.24) is 0 Å². The van der Waals surface area contributed by atoms with E-state index in [0.717, 1.165) is 0 Å². The van der Waals surface area contributed by atoms with E-state index in [1.54, 1.807) is 36.4 Å². The van der Waals surface area contributed by atoms with Gasteiger partial charge in [-0.15, -0.1) is 0 Å². The van der Waals surface area contributed by atoms with Crippen LogP contribution in [0.4, 0.5) is 0 Å². The van der Waals surface area contributed by atoms with Crippen LogP contribution in [0.2, 0.25) is 0 Å². The summed E-state index contributed by atoms with van der Waals surface area (Å²) in [6.45, 7) is 1.12. The molecule has 34 heavy (non-hydrogen) atoms. The van der Waals surface area contributed by atoms with Crippen molar-refractivity contribution in [3.63, 3.8) is 0 Å². The Bertz CT molecular complexity index is 852. The molecule has 0 atom stereocenters. The highest BCUT2D eigenvalue weighted by atomic mass is 16.6. The van der Waals surface area contributed by atoms with E-state index in [1.807, 2.05) is 0 Å². The van der Waals surface area contributed by atoms with E-state index in [-0.39, 0.29) is 50.8 Å². The number of esters is 2. The van der Waals surface area contributed by atoms with Crippen LogP contribution in [0.1, 0.15) is 20.7 Å². The summed E-state index contributed by atoms with van der Waals surface area (Å²) in [7, 11) is 5.89. The van der Waals surface area contributed by atoms with Gasteiger partial charge < -0.3 is 37.9 Å². The van der Waals surface area contributed by atoms with Crippen molar-refractivity contribution >= 4 is 11.9 Å². The van der Waals surface area contributed by atoms with Crippen molar-refractivity contribution in [2.75, 3.05) is 68.1 Å². The quantitative estimate of drug-likeness (QED) is 0.280. The van der Waals surface area contributed by atoms with Crippen LogP contribution in [0, 0.1) is 0 Å². The molecule has 186 valence electrons. The molecule has 0 N–H and O–H groups in total. The van der Waals surface area contributed by atoms with Gasteiger partial charge in [-0.2, -0.15) is 0 Å². The molecule has 10 nitrogen and oxygen atoms in total. The lowest BCUT2D eigenvalue weighted by Gasteiger charge is -2.12. The standard InChI is InChI=1S/C24H30O10/c1-27-19-9-5-7-17(21(19)29-3)23(25)33-15-13-31-11-12-32-14-16-34-24(26)18-8-6-10-20(28-2)22(18)30-4/h5-10H,11-16H2,1-4H3. The second-order valence-electron chi connectivity index (χ2n) is 6.58. The fourth-order valence-corrected chi connectivity index (χ4v) is 2.96. The van der Waals surface area contributed by atoms with E-state index in [2.05, 4.69) is 0 Å². The van der Waals surface area contributed by atoms with Gasteiger partial charge in [0.25, 0.3) is 0 Å². The van der Waals surface area contributed by atoms with Crippen molar-refractivity contribution in [1.29, 1.82) is 0 Å². The molecule has 0 amide bonds. The number of ether oxygens (including phenoxy) is 8. The van der Waals surface area contributed by atoms with Crippen LogP contribution in [-0.4, -0.2) is 80.0 Å². The summed E-state index contributed by atoms with van der Waals surface area (Å²) >= 11 is 0. The maximum Gasteiger partial charge on any atom is 0.342 e. The molecule has 0 radical (unpaired) electrons. The lowest BCUT2D eigenvalue weighted by molar-refractivity contribution is 0.00212. The lowest BCUT2D eigenvalue weighted by Crippen LogP contribution is -2.15. The summed E-state index contributed by atoms with van der Waals surface area (Å²) in [5.74, 6) is 0.442. The molecule has 0 aromatic heterocycles. The fraction of sp³-hybridized carbons (Fsp3) is 0.417. The minimum atomic E-state index is -0.537. The predicted molar refractivity (Wildman–Crippen MR) is 121 cm³/mol. The molecule has 0 aliphatic rings. The van der Waals surface area contributed by atoms with Gasteiger partial charge in [-0.25, -0.2) is 9.59 Å². The Hall–Kier alpha value is -3.50. The van der Waals surface area contributed by atoms with Crippen molar-refractivity contribution in [3.8, 4) is 23.0 Å². The van der Waals surface area contributed by atoms with E-state index >= 15 is 0 Å². The molecular formula is C24H30O10. The normalized spacial score (nSPS) is 10.4. The molecule has 10 heteroatoms. The maximum atomic E-state index is 12.2. The molecule has 0 bridgehead atoms. The highest BCUT2D eigenvalue weighted by molar-refractivity contribution is 5.94. The van der Waals surface area contributed by atoms with Gasteiger partial charge in [-0.1, -0.05) is 12.1 Å². The summed E-state index contributed by atoms with van der Waals surface area (Å²) in [6.07, 6.45) is 0. The number of benzene rings is 2. The molecular weight excluding hydrogens is 448 g/mol. The van der Waals surface area contributed by atoms with E-state index in [4.69, 9.17) is 37.9 Å². The van der Waals surface area contributed by atoms with Crippen molar-refractivity contribution in [2.45, 2.75) is 0 Å². The molecule has 2 aromatic rings. The van der Waals surface area contributed by atoms with Crippen LogP contribution in [0.15, 0.2) is 36.4 Å². The first-order valence-corrected chi connectivity index (χ1v) is 10.5. The highest BCUT2D eigenvalue weighted by Crippen LogP contribution is 2.32. The van der Waals surface area contributed by atoms with E-state index < -0.39 is 11.9 Å². The van der Waals surface area contributed by atoms with Gasteiger partial charge in [0.2, 0.25) is 0 Å². The molecule has 2 aromatic carbocycles. The first-order valence-electron chi connectivity index (χ1n) is 10.5. The van der Waals surface area contributed by atoms with Crippen molar-refractivity contribution < 1.29 is 47.5 Å². The highest BCUT2D eigenvalue weighted by Gasteiger charge is 2.18. The van der Waals surface area contributed by atoms with Crippen LogP contribution in [-0.2, 0) is 18.9 Å². The second kappa shape index (κ2) is 14.6. The average molecular weight is 478 g/mol. The van der Waals surface area contributed by atoms with Gasteiger partial charge in [0, 0.05) is 0 Å². The lowest BCUT2D eigenvalue weighted by atomic mass is 10.2. The smallest absolute Gasteiger partial charge is 0.342 e. The second-order valence-corrected chi connectivity index (χ2v) is 6.58. The van der Waals surface area contributed by atoms with Crippen LogP contribution < -0.4 is 18.9 Å². The van der Waals surface area contributed by atoms with Gasteiger partial charge in [-0.05, 0) is 24.3 Å². The van der Waals surface area contributed by atoms with Gasteiger partial charge in [0.1, 0.15) is 24.3 Å². The van der Waals surface area contributed by atoms with Crippen LogP contribution in [0.5, 0.6) is 23.0 Å². The maximum absolute atomic E-state index is 12.2. The first kappa shape index (κ1) is 26.7. The Morgan fingerprint density at radius 3 is 1.29 bits per heavy atom. The van der Waals surface area contributed by atoms with Gasteiger partial charge in [0.05, 0.1) is 54.9 Å². The molecule has 0 spiro atoms. The number of rotatable bonds is 15. The molecule has 2 rings (SSSR count). The third kappa shape index (κ3) is 7.53. The molecule has 0 aliphatic heterocycles. The number of hydrogen-bond acceptors (Lipinski definition) is 10. The minimum Gasteiger partial charge on any atom is -0.493 e. The zero-order valence-corrected chi connectivity index (χ0v) is 19.8. The number of para-hydroxylation sites is 2. The Labute approximate surface area is 198 Å². The van der Waals surface area contributed by atoms with Crippen molar-refractivity contribution in [2.24, 2.45) is 0 Å². The molecule has 0 saturated heterocycles. The van der Waals surface area contributed by atoms with Gasteiger partial charge in [0.15, 0.2) is 23.0 Å². The summed E-state index contributed by atoms with van der Waals surface area (Å²) in [5.41, 5.74) is 0.539. The van der Waals surface area contributed by atoms with Gasteiger partial charge >= 0.3 is 11.9 Å². The summed E-state index contributed by atoms with van der Waals surface area (Å²) in [5, 5.41) is 0. The Balaban J connectivity index is 1.58. The number of methoxy groups -OCH3 is 4. The third-order valence-electron chi connectivity index (χ3n) is 4.54. The zero-order chi connectivity index (χ0) is 24.8. The number of hydrogen-bond donors (Lipinski definition) is 0. The van der Waals surface area contributed by atoms with Crippen LogP contribution >= 0.6 is 0 Å². The molecule has 0 unspecified atom stereocenters. The van der Waals surface area contributed by atoms with Crippen LogP contribution in [0.25, 0.3) is 0 Å². The Kier molecular flexibility index (Phi) is 11.5. The SMILES string of the molecule is COc1cccc(C(=O)OCCOCCOCCOC(=O)c2cccc(OC)c2OC)c1OC. The van der Waals surface area contributed by atoms with Gasteiger partial charge in [-0.3, -0.25) is 0 Å². The monoisotopic (exact) mass is 478 g/mol. The molecule has 0 saturated carbocycles. The summed E-state index contributed by atoms with van der Waals surface area (Å²) < 4.78 is 42.0. The Morgan fingerprint density at radius 1 is 0.559 bits per heavy atom. The molecule has 0 fully saturated rings. The predicted octanol–water partition coefficient (Wildman–Crippen LogP) is 2.77. The minimum absolute atomic E-state index is 0.0686. The topological polar surface area (TPSA) is 108 Å². The number of carbonyl (C=O) groups excluding carboxylic acids is 2.